The normalized spacial score (nSPS) is 20.4. The van der Waals surface area contributed by atoms with Gasteiger partial charge < -0.3 is 0 Å². The van der Waals surface area contributed by atoms with E-state index in [9.17, 15) is 9.59 Å². The quantitative estimate of drug-likeness (QED) is 0.782. The maximum atomic E-state index is 13.1. The fourth-order valence-electron chi connectivity index (χ4n) is 4.07. The Morgan fingerprint density at radius 1 is 0.846 bits per heavy atom. The van der Waals surface area contributed by atoms with Crippen LogP contribution in [0.1, 0.15) is 48.3 Å². The second-order valence-electron chi connectivity index (χ2n) is 7.37. The molecule has 2 aliphatic rings. The molecule has 1 unspecified atom stereocenters. The zero-order valence-corrected chi connectivity index (χ0v) is 15.3. The maximum absolute atomic E-state index is 13.1. The van der Waals surface area contributed by atoms with Gasteiger partial charge in [-0.3, -0.25) is 14.5 Å². The van der Waals surface area contributed by atoms with Crippen LogP contribution in [0.15, 0.2) is 59.8 Å². The summed E-state index contributed by atoms with van der Waals surface area (Å²) in [4.78, 5) is 27.7. The number of rotatable bonds is 2. The van der Waals surface area contributed by atoms with Crippen molar-refractivity contribution in [3.63, 3.8) is 0 Å². The van der Waals surface area contributed by atoms with Crippen molar-refractivity contribution in [2.45, 2.75) is 45.4 Å². The van der Waals surface area contributed by atoms with Crippen LogP contribution < -0.4 is 4.90 Å². The van der Waals surface area contributed by atoms with Crippen molar-refractivity contribution in [2.24, 2.45) is 0 Å². The number of amides is 1. The SMILES string of the molecule is Cc1ccc(C2CC(=O)N(c3ccc(C)cc3)C3=C2C(=O)CCC3)cc1. The number of aryl methyl sites for hydroxylation is 2. The first-order chi connectivity index (χ1) is 12.5. The number of nitrogens with zero attached hydrogens (tertiary/aromatic N) is 1. The molecule has 0 saturated heterocycles. The maximum Gasteiger partial charge on any atom is 0.232 e. The lowest BCUT2D eigenvalue weighted by Gasteiger charge is -2.38. The van der Waals surface area contributed by atoms with Crippen LogP contribution >= 0.6 is 0 Å². The first kappa shape index (κ1) is 16.8. The number of hydrogen-bond acceptors (Lipinski definition) is 2. The van der Waals surface area contributed by atoms with Crippen LogP contribution in [0.5, 0.6) is 0 Å². The molecule has 1 amide bonds. The van der Waals surface area contributed by atoms with E-state index in [2.05, 4.69) is 24.3 Å². The van der Waals surface area contributed by atoms with E-state index in [-0.39, 0.29) is 17.6 Å². The van der Waals surface area contributed by atoms with Crippen molar-refractivity contribution < 1.29 is 9.59 Å². The van der Waals surface area contributed by atoms with E-state index >= 15 is 0 Å². The van der Waals surface area contributed by atoms with Crippen molar-refractivity contribution in [3.8, 4) is 0 Å². The molecule has 3 nitrogen and oxygen atoms in total. The molecular weight excluding hydrogens is 322 g/mol. The Labute approximate surface area is 154 Å². The van der Waals surface area contributed by atoms with Crippen LogP contribution in [-0.4, -0.2) is 11.7 Å². The molecule has 1 aliphatic carbocycles. The smallest absolute Gasteiger partial charge is 0.232 e. The first-order valence-corrected chi connectivity index (χ1v) is 9.27. The number of carbonyl (C=O) groups is 2. The Bertz CT molecular complexity index is 891. The standard InChI is InChI=1S/C23H23NO2/c1-15-6-10-17(11-7-15)19-14-22(26)24(18-12-8-16(2)9-13-18)20-4-3-5-21(25)23(19)20/h6-13,19H,3-5,14H2,1-2H3. The summed E-state index contributed by atoms with van der Waals surface area (Å²) in [5.74, 6) is 0.155. The molecule has 132 valence electrons. The lowest BCUT2D eigenvalue weighted by atomic mass is 9.77. The molecule has 26 heavy (non-hydrogen) atoms. The molecule has 1 aliphatic heterocycles. The van der Waals surface area contributed by atoms with E-state index in [4.69, 9.17) is 0 Å². The molecule has 0 aromatic heterocycles. The van der Waals surface area contributed by atoms with Crippen molar-refractivity contribution in [1.29, 1.82) is 0 Å². The highest BCUT2D eigenvalue weighted by atomic mass is 16.2. The monoisotopic (exact) mass is 345 g/mol. The van der Waals surface area contributed by atoms with E-state index in [0.29, 0.717) is 12.8 Å². The average molecular weight is 345 g/mol. The molecule has 0 saturated carbocycles. The highest BCUT2D eigenvalue weighted by Crippen LogP contribution is 2.43. The van der Waals surface area contributed by atoms with Crippen LogP contribution in [0.25, 0.3) is 0 Å². The van der Waals surface area contributed by atoms with Gasteiger partial charge in [0, 0.05) is 35.7 Å². The minimum Gasteiger partial charge on any atom is -0.294 e. The molecular formula is C23H23NO2. The molecule has 0 spiro atoms. The fraction of sp³-hybridized carbons (Fsp3) is 0.304. The number of ketones is 1. The summed E-state index contributed by atoms with van der Waals surface area (Å²) in [5.41, 5.74) is 6.03. The number of carbonyl (C=O) groups excluding carboxylic acids is 2. The third-order valence-corrected chi connectivity index (χ3v) is 5.45. The van der Waals surface area contributed by atoms with Gasteiger partial charge in [0.1, 0.15) is 0 Å². The third-order valence-electron chi connectivity index (χ3n) is 5.45. The van der Waals surface area contributed by atoms with Crippen LogP contribution in [0.3, 0.4) is 0 Å². The largest absolute Gasteiger partial charge is 0.294 e. The van der Waals surface area contributed by atoms with Gasteiger partial charge in [0.05, 0.1) is 0 Å². The summed E-state index contributed by atoms with van der Waals surface area (Å²) in [5, 5.41) is 0. The summed E-state index contributed by atoms with van der Waals surface area (Å²) < 4.78 is 0. The fourth-order valence-corrected chi connectivity index (χ4v) is 4.07. The van der Waals surface area contributed by atoms with Gasteiger partial charge in [-0.15, -0.1) is 0 Å². The summed E-state index contributed by atoms with van der Waals surface area (Å²) in [6, 6.07) is 16.2. The molecule has 0 bridgehead atoms. The Kier molecular flexibility index (Phi) is 4.23. The van der Waals surface area contributed by atoms with Crippen LogP contribution in [0.4, 0.5) is 5.69 Å². The highest BCUT2D eigenvalue weighted by Gasteiger charge is 2.39. The third kappa shape index (κ3) is 2.88. The minimum absolute atomic E-state index is 0.0767. The second kappa shape index (κ2) is 6.56. The predicted octanol–water partition coefficient (Wildman–Crippen LogP) is 4.83. The number of benzene rings is 2. The molecule has 4 rings (SSSR count). The number of Topliss-reactive ketones (excluding diaryl/α,β-unsaturated/α-hetero) is 1. The number of allylic oxidation sites excluding steroid dienone is 2. The lowest BCUT2D eigenvalue weighted by molar-refractivity contribution is -0.119. The van der Waals surface area contributed by atoms with E-state index in [0.717, 1.165) is 40.9 Å². The van der Waals surface area contributed by atoms with Crippen molar-refractivity contribution >= 4 is 17.4 Å². The zero-order valence-electron chi connectivity index (χ0n) is 15.3. The second-order valence-corrected chi connectivity index (χ2v) is 7.37. The molecule has 0 N–H and O–H groups in total. The van der Waals surface area contributed by atoms with Gasteiger partial charge in [-0.1, -0.05) is 47.5 Å². The van der Waals surface area contributed by atoms with E-state index in [1.165, 1.54) is 5.56 Å². The number of anilines is 1. The highest BCUT2D eigenvalue weighted by molar-refractivity contribution is 6.07. The van der Waals surface area contributed by atoms with E-state index < -0.39 is 0 Å². The van der Waals surface area contributed by atoms with Gasteiger partial charge in [-0.05, 0) is 44.4 Å². The zero-order chi connectivity index (χ0) is 18.3. The first-order valence-electron chi connectivity index (χ1n) is 9.27. The van der Waals surface area contributed by atoms with Crippen LogP contribution in [0.2, 0.25) is 0 Å². The van der Waals surface area contributed by atoms with Crippen molar-refractivity contribution in [2.75, 3.05) is 4.90 Å². The van der Waals surface area contributed by atoms with Crippen molar-refractivity contribution in [1.82, 2.24) is 0 Å². The Hall–Kier alpha value is -2.68. The van der Waals surface area contributed by atoms with Crippen LogP contribution in [0, 0.1) is 13.8 Å². The van der Waals surface area contributed by atoms with Crippen LogP contribution in [-0.2, 0) is 9.59 Å². The lowest BCUT2D eigenvalue weighted by Crippen LogP contribution is -2.40. The molecule has 2 aromatic rings. The van der Waals surface area contributed by atoms with Gasteiger partial charge >= 0.3 is 0 Å². The molecule has 1 heterocycles. The summed E-state index contributed by atoms with van der Waals surface area (Å²) >= 11 is 0. The molecule has 3 heteroatoms. The van der Waals surface area contributed by atoms with Crippen molar-refractivity contribution in [3.05, 3.63) is 76.5 Å². The molecule has 0 radical (unpaired) electrons. The minimum atomic E-state index is -0.118. The summed E-state index contributed by atoms with van der Waals surface area (Å²) in [6.07, 6.45) is 2.52. The molecule has 0 fully saturated rings. The van der Waals surface area contributed by atoms with Gasteiger partial charge in [0.2, 0.25) is 5.91 Å². The Balaban J connectivity index is 1.84. The summed E-state index contributed by atoms with van der Waals surface area (Å²) in [6.45, 7) is 4.08. The van der Waals surface area contributed by atoms with E-state index in [1.807, 2.05) is 38.1 Å². The van der Waals surface area contributed by atoms with E-state index in [1.54, 1.807) is 4.90 Å². The molecule has 2 aromatic carbocycles. The number of hydrogen-bond donors (Lipinski definition) is 0. The topological polar surface area (TPSA) is 37.4 Å². The van der Waals surface area contributed by atoms with Gasteiger partial charge in [0.25, 0.3) is 0 Å². The Morgan fingerprint density at radius 2 is 1.46 bits per heavy atom. The Morgan fingerprint density at radius 3 is 2.12 bits per heavy atom. The van der Waals surface area contributed by atoms with Gasteiger partial charge in [0.15, 0.2) is 5.78 Å². The summed E-state index contributed by atoms with van der Waals surface area (Å²) in [7, 11) is 0. The molecule has 1 atom stereocenters. The van der Waals surface area contributed by atoms with Gasteiger partial charge in [-0.25, -0.2) is 0 Å². The average Bonchev–Trinajstić information content (AvgIpc) is 2.63. The van der Waals surface area contributed by atoms with Gasteiger partial charge in [-0.2, -0.15) is 0 Å². The predicted molar refractivity (Wildman–Crippen MR) is 103 cm³/mol.